The highest BCUT2D eigenvalue weighted by atomic mass is 32.2. The van der Waals surface area contributed by atoms with Crippen LogP contribution in [0.1, 0.15) is 40.6 Å². The van der Waals surface area contributed by atoms with Crippen LogP contribution in [0.2, 0.25) is 0 Å². The lowest BCUT2D eigenvalue weighted by Gasteiger charge is -2.25. The van der Waals surface area contributed by atoms with E-state index in [1.807, 2.05) is 18.2 Å². The van der Waals surface area contributed by atoms with Gasteiger partial charge in [0.2, 0.25) is 10.0 Å². The molecule has 1 aliphatic carbocycles. The Morgan fingerprint density at radius 1 is 1.15 bits per heavy atom. The smallest absolute Gasteiger partial charge is 0.287 e. The van der Waals surface area contributed by atoms with Crippen molar-refractivity contribution in [2.45, 2.75) is 30.2 Å². The van der Waals surface area contributed by atoms with Crippen molar-refractivity contribution >= 4 is 26.9 Å². The number of nitrogens with two attached hydrogens (primary N) is 1. The number of furan rings is 1. The van der Waals surface area contributed by atoms with E-state index in [4.69, 9.17) is 9.56 Å². The molecule has 2 aromatic carbocycles. The zero-order valence-corrected chi connectivity index (χ0v) is 14.8. The maximum Gasteiger partial charge on any atom is 0.287 e. The van der Waals surface area contributed by atoms with Crippen molar-refractivity contribution in [2.24, 2.45) is 5.14 Å². The number of carbonyl (C=O) groups excluding carboxylic acids is 1. The number of nitrogens with one attached hydrogen (secondary N) is 1. The summed E-state index contributed by atoms with van der Waals surface area (Å²) in [6.45, 7) is 0. The standard InChI is InChI=1S/C19H18N2O4S/c20-26(23,24)14-8-9-17-13(10-14)11-18(25-17)19(22)21-16-7-3-5-12-4-1-2-6-15(12)16/h1-2,4,6,8-11,16H,3,5,7H2,(H,21,22)(H2,20,23,24). The third-order valence-electron chi connectivity index (χ3n) is 4.71. The molecule has 134 valence electrons. The van der Waals surface area contributed by atoms with Crippen molar-refractivity contribution in [3.05, 3.63) is 65.4 Å². The van der Waals surface area contributed by atoms with E-state index in [9.17, 15) is 13.2 Å². The molecule has 1 unspecified atom stereocenters. The van der Waals surface area contributed by atoms with Crippen LogP contribution in [0.5, 0.6) is 0 Å². The number of sulfonamides is 1. The fourth-order valence-corrected chi connectivity index (χ4v) is 3.99. The fourth-order valence-electron chi connectivity index (χ4n) is 3.44. The van der Waals surface area contributed by atoms with Crippen molar-refractivity contribution in [3.63, 3.8) is 0 Å². The molecule has 0 spiro atoms. The molecule has 3 aromatic rings. The molecule has 1 atom stereocenters. The normalized spacial score (nSPS) is 17.0. The van der Waals surface area contributed by atoms with Crippen molar-refractivity contribution in [3.8, 4) is 0 Å². The Morgan fingerprint density at radius 3 is 2.77 bits per heavy atom. The van der Waals surface area contributed by atoms with Gasteiger partial charge >= 0.3 is 0 Å². The second-order valence-electron chi connectivity index (χ2n) is 6.47. The van der Waals surface area contributed by atoms with Crippen LogP contribution in [0.4, 0.5) is 0 Å². The lowest BCUT2D eigenvalue weighted by atomic mass is 9.88. The van der Waals surface area contributed by atoms with E-state index in [1.54, 1.807) is 0 Å². The summed E-state index contributed by atoms with van der Waals surface area (Å²) in [5.74, 6) is -0.172. The highest BCUT2D eigenvalue weighted by Gasteiger charge is 2.23. The van der Waals surface area contributed by atoms with E-state index in [1.165, 1.54) is 29.8 Å². The summed E-state index contributed by atoms with van der Waals surface area (Å²) in [5.41, 5.74) is 2.83. The van der Waals surface area contributed by atoms with Gasteiger partial charge in [-0.05, 0) is 54.7 Å². The molecular formula is C19H18N2O4S. The van der Waals surface area contributed by atoms with Gasteiger partial charge in [-0.2, -0.15) is 0 Å². The van der Waals surface area contributed by atoms with Gasteiger partial charge in [0, 0.05) is 5.39 Å². The van der Waals surface area contributed by atoms with Gasteiger partial charge in [-0.3, -0.25) is 4.79 Å². The van der Waals surface area contributed by atoms with E-state index in [0.717, 1.165) is 24.8 Å². The molecule has 0 fully saturated rings. The first-order valence-electron chi connectivity index (χ1n) is 8.37. The van der Waals surface area contributed by atoms with Crippen LogP contribution in [0.3, 0.4) is 0 Å². The first-order valence-corrected chi connectivity index (χ1v) is 9.91. The van der Waals surface area contributed by atoms with Crippen molar-refractivity contribution in [1.82, 2.24) is 5.32 Å². The van der Waals surface area contributed by atoms with Crippen LogP contribution in [0, 0.1) is 0 Å². The SMILES string of the molecule is NS(=O)(=O)c1ccc2oc(C(=O)NC3CCCc4ccccc43)cc2c1. The third-order valence-corrected chi connectivity index (χ3v) is 5.63. The van der Waals surface area contributed by atoms with Crippen LogP contribution in [-0.4, -0.2) is 14.3 Å². The Kier molecular flexibility index (Phi) is 4.05. The molecule has 3 N–H and O–H groups in total. The number of aryl methyl sites for hydroxylation is 1. The highest BCUT2D eigenvalue weighted by molar-refractivity contribution is 7.89. The first-order chi connectivity index (χ1) is 12.4. The van der Waals surface area contributed by atoms with Gasteiger partial charge in [0.05, 0.1) is 10.9 Å². The Labute approximate surface area is 151 Å². The second kappa shape index (κ2) is 6.26. The molecule has 0 saturated carbocycles. The molecule has 0 saturated heterocycles. The molecule has 0 aliphatic heterocycles. The third kappa shape index (κ3) is 3.11. The molecule has 0 bridgehead atoms. The predicted octanol–water partition coefficient (Wildman–Crippen LogP) is 2.89. The van der Waals surface area contributed by atoms with Crippen molar-refractivity contribution in [2.75, 3.05) is 0 Å². The number of hydrogen-bond acceptors (Lipinski definition) is 4. The predicted molar refractivity (Wildman–Crippen MR) is 97.2 cm³/mol. The number of rotatable bonds is 3. The van der Waals surface area contributed by atoms with Gasteiger partial charge < -0.3 is 9.73 Å². The molecule has 7 heteroatoms. The summed E-state index contributed by atoms with van der Waals surface area (Å²) >= 11 is 0. The average molecular weight is 370 g/mol. The molecule has 1 heterocycles. The van der Waals surface area contributed by atoms with Gasteiger partial charge in [-0.15, -0.1) is 0 Å². The summed E-state index contributed by atoms with van der Waals surface area (Å²) in [6, 6.07) is 13.8. The monoisotopic (exact) mass is 370 g/mol. The first kappa shape index (κ1) is 16.8. The quantitative estimate of drug-likeness (QED) is 0.740. The maximum absolute atomic E-state index is 12.6. The number of benzene rings is 2. The Bertz CT molecular complexity index is 1100. The minimum Gasteiger partial charge on any atom is -0.451 e. The van der Waals surface area contributed by atoms with E-state index < -0.39 is 10.0 Å². The van der Waals surface area contributed by atoms with Gasteiger partial charge in [0.1, 0.15) is 5.58 Å². The molecule has 1 aromatic heterocycles. The van der Waals surface area contributed by atoms with E-state index in [0.29, 0.717) is 11.0 Å². The summed E-state index contributed by atoms with van der Waals surface area (Å²) in [7, 11) is -3.80. The van der Waals surface area contributed by atoms with E-state index in [-0.39, 0.29) is 22.6 Å². The molecule has 26 heavy (non-hydrogen) atoms. The van der Waals surface area contributed by atoms with Gasteiger partial charge in [-0.25, -0.2) is 13.6 Å². The second-order valence-corrected chi connectivity index (χ2v) is 8.03. The zero-order chi connectivity index (χ0) is 18.3. The summed E-state index contributed by atoms with van der Waals surface area (Å²) in [4.78, 5) is 12.6. The van der Waals surface area contributed by atoms with Gasteiger partial charge in [0.25, 0.3) is 5.91 Å². The van der Waals surface area contributed by atoms with Crippen LogP contribution < -0.4 is 10.5 Å². The maximum atomic E-state index is 12.6. The van der Waals surface area contributed by atoms with Gasteiger partial charge in [-0.1, -0.05) is 24.3 Å². The lowest BCUT2D eigenvalue weighted by molar-refractivity contribution is 0.0907. The lowest BCUT2D eigenvalue weighted by Crippen LogP contribution is -2.30. The molecular weight excluding hydrogens is 352 g/mol. The number of fused-ring (bicyclic) bond motifs is 2. The number of carbonyl (C=O) groups is 1. The highest BCUT2D eigenvalue weighted by Crippen LogP contribution is 2.30. The van der Waals surface area contributed by atoms with Crippen LogP contribution in [0.25, 0.3) is 11.0 Å². The van der Waals surface area contributed by atoms with Gasteiger partial charge in [0.15, 0.2) is 5.76 Å². The largest absolute Gasteiger partial charge is 0.451 e. The molecule has 1 amide bonds. The summed E-state index contributed by atoms with van der Waals surface area (Å²) < 4.78 is 28.5. The summed E-state index contributed by atoms with van der Waals surface area (Å²) in [6.07, 6.45) is 2.90. The van der Waals surface area contributed by atoms with Crippen LogP contribution in [-0.2, 0) is 16.4 Å². The molecule has 4 rings (SSSR count). The van der Waals surface area contributed by atoms with E-state index >= 15 is 0 Å². The minimum atomic E-state index is -3.80. The topological polar surface area (TPSA) is 102 Å². The average Bonchev–Trinajstić information content (AvgIpc) is 3.05. The Morgan fingerprint density at radius 2 is 1.96 bits per heavy atom. The molecule has 6 nitrogen and oxygen atoms in total. The molecule has 1 aliphatic rings. The Hall–Kier alpha value is -2.64. The molecule has 0 radical (unpaired) electrons. The van der Waals surface area contributed by atoms with Crippen LogP contribution in [0.15, 0.2) is 57.8 Å². The van der Waals surface area contributed by atoms with Crippen LogP contribution >= 0.6 is 0 Å². The minimum absolute atomic E-state index is 0.0148. The fraction of sp³-hybridized carbons (Fsp3) is 0.211. The van der Waals surface area contributed by atoms with Crippen molar-refractivity contribution in [1.29, 1.82) is 0 Å². The summed E-state index contributed by atoms with van der Waals surface area (Å²) in [5, 5.41) is 8.69. The number of primary sulfonamides is 1. The van der Waals surface area contributed by atoms with E-state index in [2.05, 4.69) is 11.4 Å². The number of amides is 1. The zero-order valence-electron chi connectivity index (χ0n) is 13.9. The number of hydrogen-bond donors (Lipinski definition) is 2. The van der Waals surface area contributed by atoms with Crippen molar-refractivity contribution < 1.29 is 17.6 Å². The Balaban J connectivity index is 1.61.